The maximum Gasteiger partial charge on any atom is 0.286 e. The van der Waals surface area contributed by atoms with Crippen molar-refractivity contribution in [3.05, 3.63) is 175 Å². The Labute approximate surface area is 447 Å². The normalized spacial score (nSPS) is 13.5. The predicted octanol–water partition coefficient (Wildman–Crippen LogP) is 14.0. The van der Waals surface area contributed by atoms with Gasteiger partial charge in [0.15, 0.2) is 5.69 Å². The Kier molecular flexibility index (Phi) is 17.1. The topological polar surface area (TPSA) is 122 Å². The molecule has 0 spiro atoms. The number of hydrogen-bond donors (Lipinski definition) is 3. The zero-order valence-corrected chi connectivity index (χ0v) is 44.2. The van der Waals surface area contributed by atoms with Crippen LogP contribution in [0.1, 0.15) is 102 Å². The molecule has 376 valence electrons. The number of fused-ring (bicyclic) bond motifs is 2. The number of nitrogens with one attached hydrogen (secondary N) is 3. The van der Waals surface area contributed by atoms with E-state index in [1.807, 2.05) is 125 Å². The van der Waals surface area contributed by atoms with Gasteiger partial charge in [0, 0.05) is 75.5 Å². The lowest BCUT2D eigenvalue weighted by molar-refractivity contribution is 0.0744. The van der Waals surface area contributed by atoms with Crippen LogP contribution in [0.15, 0.2) is 121 Å². The van der Waals surface area contributed by atoms with E-state index in [9.17, 15) is 9.59 Å². The lowest BCUT2D eigenvalue weighted by Crippen LogP contribution is -2.45. The number of aromatic nitrogens is 5. The third-order valence-electron chi connectivity index (χ3n) is 13.4. The number of aryl methyl sites for hydroxylation is 1. The molecule has 4 heterocycles. The number of hydrogen-bond acceptors (Lipinski definition) is 7. The second-order valence-corrected chi connectivity index (χ2v) is 20.0. The zero-order valence-electron chi connectivity index (χ0n) is 41.2. The van der Waals surface area contributed by atoms with Crippen LogP contribution in [-0.4, -0.2) is 67.1 Å². The van der Waals surface area contributed by atoms with Crippen LogP contribution in [0.25, 0.3) is 45.1 Å². The van der Waals surface area contributed by atoms with Crippen LogP contribution in [-0.2, 0) is 25.7 Å². The van der Waals surface area contributed by atoms with Crippen molar-refractivity contribution in [1.29, 1.82) is 0 Å². The Bertz CT molecular complexity index is 3220. The van der Waals surface area contributed by atoms with Crippen molar-refractivity contribution in [2.45, 2.75) is 84.5 Å². The number of anilines is 1. The summed E-state index contributed by atoms with van der Waals surface area (Å²) in [5.41, 5.74) is 13.7. The lowest BCUT2D eigenvalue weighted by atomic mass is 9.92. The molecule has 10 rings (SSSR count). The molecule has 3 aromatic heterocycles. The first-order chi connectivity index (χ1) is 35.6. The van der Waals surface area contributed by atoms with Crippen LogP contribution >= 0.6 is 46.4 Å². The number of benzene rings is 5. The SMILES string of the molecule is CCc1c(C(=O)NCCCCNc2c3c(nc4ccccc24)CCCC3)nc(-c2ccccc2Cl)n1-c1ccc(Cl)cc1.CCc1c(C(=O)NN2CCCCC2)nc(-c2ccccc2Cl)n1-c1ccc(Cl)cc1. The van der Waals surface area contributed by atoms with E-state index in [4.69, 9.17) is 61.4 Å². The van der Waals surface area contributed by atoms with E-state index in [0.29, 0.717) is 62.5 Å². The van der Waals surface area contributed by atoms with Gasteiger partial charge in [0.1, 0.15) is 17.3 Å². The van der Waals surface area contributed by atoms with Crippen LogP contribution in [0.5, 0.6) is 0 Å². The molecular formula is C58H59Cl4N9O2. The largest absolute Gasteiger partial charge is 0.384 e. The molecule has 0 radical (unpaired) electrons. The van der Waals surface area contributed by atoms with Crippen molar-refractivity contribution in [1.82, 2.24) is 39.8 Å². The molecule has 1 aliphatic carbocycles. The number of pyridine rings is 1. The van der Waals surface area contributed by atoms with Gasteiger partial charge in [-0.2, -0.15) is 0 Å². The van der Waals surface area contributed by atoms with E-state index in [1.165, 1.54) is 41.6 Å². The monoisotopic (exact) mass is 1050 g/mol. The van der Waals surface area contributed by atoms with Gasteiger partial charge in [-0.1, -0.05) is 109 Å². The first-order valence-electron chi connectivity index (χ1n) is 25.4. The number of carbonyl (C=O) groups excluding carboxylic acids is 2. The molecule has 73 heavy (non-hydrogen) atoms. The molecule has 11 nitrogen and oxygen atoms in total. The maximum atomic E-state index is 13.5. The minimum Gasteiger partial charge on any atom is -0.384 e. The Morgan fingerprint density at radius 3 is 1.66 bits per heavy atom. The van der Waals surface area contributed by atoms with Crippen LogP contribution in [0, 0.1) is 0 Å². The quantitative estimate of drug-likeness (QED) is 0.0874. The van der Waals surface area contributed by atoms with Crippen LogP contribution in [0.3, 0.4) is 0 Å². The van der Waals surface area contributed by atoms with Gasteiger partial charge in [0.05, 0.1) is 26.9 Å². The lowest BCUT2D eigenvalue weighted by Gasteiger charge is -2.26. The van der Waals surface area contributed by atoms with Crippen molar-refractivity contribution < 1.29 is 9.59 Å². The average molecular weight is 1060 g/mol. The highest BCUT2D eigenvalue weighted by Crippen LogP contribution is 2.36. The predicted molar refractivity (Wildman–Crippen MR) is 298 cm³/mol. The number of piperidine rings is 1. The summed E-state index contributed by atoms with van der Waals surface area (Å²) in [7, 11) is 0. The molecule has 8 aromatic rings. The molecule has 0 unspecified atom stereocenters. The van der Waals surface area contributed by atoms with E-state index in [-0.39, 0.29) is 11.8 Å². The van der Waals surface area contributed by atoms with Gasteiger partial charge in [0.25, 0.3) is 11.8 Å². The van der Waals surface area contributed by atoms with E-state index in [1.54, 1.807) is 0 Å². The number of carbonyl (C=O) groups is 2. The molecule has 1 saturated heterocycles. The molecule has 0 saturated carbocycles. The molecule has 1 fully saturated rings. The Morgan fingerprint density at radius 2 is 1.08 bits per heavy atom. The molecule has 0 atom stereocenters. The third-order valence-corrected chi connectivity index (χ3v) is 14.6. The van der Waals surface area contributed by atoms with Gasteiger partial charge >= 0.3 is 0 Å². The highest BCUT2D eigenvalue weighted by atomic mass is 35.5. The average Bonchev–Trinajstić information content (AvgIpc) is 4.00. The summed E-state index contributed by atoms with van der Waals surface area (Å²) in [6, 6.07) is 38.6. The van der Waals surface area contributed by atoms with E-state index >= 15 is 0 Å². The molecule has 1 aliphatic heterocycles. The fourth-order valence-corrected chi connectivity index (χ4v) is 10.5. The maximum absolute atomic E-state index is 13.5. The smallest absolute Gasteiger partial charge is 0.286 e. The first-order valence-corrected chi connectivity index (χ1v) is 26.9. The Balaban J connectivity index is 0.000000192. The molecule has 15 heteroatoms. The van der Waals surface area contributed by atoms with Crippen LogP contribution in [0.2, 0.25) is 20.1 Å². The number of para-hydroxylation sites is 1. The summed E-state index contributed by atoms with van der Waals surface area (Å²) in [5.74, 6) is 0.908. The summed E-state index contributed by atoms with van der Waals surface area (Å²) in [6.07, 6.45) is 11.0. The minimum absolute atomic E-state index is 0.181. The first kappa shape index (κ1) is 51.7. The molecule has 5 aromatic carbocycles. The number of imidazole rings is 2. The van der Waals surface area contributed by atoms with Gasteiger partial charge in [-0.15, -0.1) is 0 Å². The number of rotatable bonds is 15. The van der Waals surface area contributed by atoms with Gasteiger partial charge in [0.2, 0.25) is 0 Å². The van der Waals surface area contributed by atoms with Crippen molar-refractivity contribution in [2.75, 3.05) is 31.5 Å². The van der Waals surface area contributed by atoms with Crippen molar-refractivity contribution in [3.8, 4) is 34.2 Å². The summed E-state index contributed by atoms with van der Waals surface area (Å²) in [6.45, 7) is 7.18. The van der Waals surface area contributed by atoms with Gasteiger partial charge < -0.3 is 10.6 Å². The second kappa shape index (κ2) is 24.2. The summed E-state index contributed by atoms with van der Waals surface area (Å²) in [4.78, 5) is 41.2. The number of halogens is 4. The molecule has 0 bridgehead atoms. The second-order valence-electron chi connectivity index (χ2n) is 18.3. The standard InChI is InChI=1S/C35H35Cl2N5O.C23H24Cl2N4O/c1-2-31-33(41-34(25-11-3-6-14-28(25)37)42(31)24-19-17-23(36)18-20-24)35(43)39-22-10-9-21-38-32-26-12-4-7-15-29(26)40-30-16-8-5-13-27(30)32;1-2-20-21(23(30)27-28-14-6-3-7-15-28)26-22(18-8-4-5-9-19(18)25)29(20)17-12-10-16(24)11-13-17/h3-4,6-7,11-12,14-15,17-20H,2,5,8-10,13,16,21-22H2,1H3,(H,38,40)(H,39,43);4-5,8-13H,2-3,6-7,14-15H2,1H3,(H,27,30). The number of amides is 2. The summed E-state index contributed by atoms with van der Waals surface area (Å²) >= 11 is 25.4. The van der Waals surface area contributed by atoms with Gasteiger partial charge in [-0.3, -0.25) is 29.1 Å². The molecule has 2 aliphatic rings. The van der Waals surface area contributed by atoms with Gasteiger partial charge in [-0.05, 0) is 149 Å². The molecular weight excluding hydrogens is 997 g/mol. The van der Waals surface area contributed by atoms with Crippen molar-refractivity contribution in [2.24, 2.45) is 0 Å². The number of nitrogens with zero attached hydrogens (tertiary/aromatic N) is 6. The van der Waals surface area contributed by atoms with E-state index < -0.39 is 0 Å². The highest BCUT2D eigenvalue weighted by Gasteiger charge is 2.27. The number of unbranched alkanes of at least 4 members (excludes halogenated alkanes) is 1. The fraction of sp³-hybridized carbons (Fsp3) is 0.293. The molecule has 3 N–H and O–H groups in total. The minimum atomic E-state index is -0.185. The Morgan fingerprint density at radius 1 is 0.562 bits per heavy atom. The fourth-order valence-electron chi connectivity index (χ4n) is 9.83. The highest BCUT2D eigenvalue weighted by molar-refractivity contribution is 6.33. The Hall–Kier alpha value is -6.21. The summed E-state index contributed by atoms with van der Waals surface area (Å²) in [5, 5.41) is 12.5. The van der Waals surface area contributed by atoms with Crippen molar-refractivity contribution >= 4 is 74.8 Å². The van der Waals surface area contributed by atoms with Crippen LogP contribution < -0.4 is 16.1 Å². The third kappa shape index (κ3) is 11.8. The van der Waals surface area contributed by atoms with E-state index in [0.717, 1.165) is 97.6 Å². The van der Waals surface area contributed by atoms with E-state index in [2.05, 4.69) is 40.3 Å². The molecule has 2 amide bonds. The number of hydrazine groups is 1. The van der Waals surface area contributed by atoms with Crippen molar-refractivity contribution in [3.63, 3.8) is 0 Å². The van der Waals surface area contributed by atoms with Gasteiger partial charge in [-0.25, -0.2) is 15.0 Å². The summed E-state index contributed by atoms with van der Waals surface area (Å²) < 4.78 is 4.01. The van der Waals surface area contributed by atoms with Crippen LogP contribution in [0.4, 0.5) is 5.69 Å². The zero-order chi connectivity index (χ0) is 50.8.